The van der Waals surface area contributed by atoms with Crippen molar-refractivity contribution in [2.75, 3.05) is 5.75 Å². The van der Waals surface area contributed by atoms with E-state index in [-0.39, 0.29) is 18.0 Å². The minimum absolute atomic E-state index is 0.00333. The Hall–Kier alpha value is -1.46. The topological polar surface area (TPSA) is 63.2 Å². The van der Waals surface area contributed by atoms with Crippen LogP contribution < -0.4 is 4.72 Å². The molecule has 2 rings (SSSR count). The van der Waals surface area contributed by atoms with Gasteiger partial charge in [0.05, 0.1) is 11.8 Å². The second-order valence-corrected chi connectivity index (χ2v) is 6.15. The molecule has 4 nitrogen and oxygen atoms in total. The minimum Gasteiger partial charge on any atom is -0.294 e. The SMILES string of the molecule is C=CCCS(=O)(=O)N[C@@H]1CC(=O)c2ccccc21. The summed E-state index contributed by atoms with van der Waals surface area (Å²) in [6, 6.07) is 6.69. The molecule has 0 fully saturated rings. The molecule has 1 aliphatic carbocycles. The van der Waals surface area contributed by atoms with Gasteiger partial charge in [0, 0.05) is 12.0 Å². The smallest absolute Gasteiger partial charge is 0.212 e. The van der Waals surface area contributed by atoms with Crippen LogP contribution in [0.2, 0.25) is 0 Å². The van der Waals surface area contributed by atoms with Crippen molar-refractivity contribution >= 4 is 15.8 Å². The van der Waals surface area contributed by atoms with Crippen LogP contribution in [0.5, 0.6) is 0 Å². The average Bonchev–Trinajstić information content (AvgIpc) is 2.64. The fourth-order valence-corrected chi connectivity index (χ4v) is 3.32. The second-order valence-electron chi connectivity index (χ2n) is 4.28. The lowest BCUT2D eigenvalue weighted by molar-refractivity contribution is 0.0988. The monoisotopic (exact) mass is 265 g/mol. The van der Waals surface area contributed by atoms with Crippen molar-refractivity contribution < 1.29 is 13.2 Å². The van der Waals surface area contributed by atoms with Crippen LogP contribution in [0, 0.1) is 0 Å². The number of Topliss-reactive ketones (excluding diaryl/α,β-unsaturated/α-hetero) is 1. The number of fused-ring (bicyclic) bond motifs is 1. The van der Waals surface area contributed by atoms with Crippen LogP contribution in [0.1, 0.15) is 34.8 Å². The lowest BCUT2D eigenvalue weighted by atomic mass is 10.1. The fourth-order valence-electron chi connectivity index (χ4n) is 2.08. The van der Waals surface area contributed by atoms with Crippen molar-refractivity contribution in [3.8, 4) is 0 Å². The molecule has 0 amide bonds. The molecule has 1 atom stereocenters. The fraction of sp³-hybridized carbons (Fsp3) is 0.308. The van der Waals surface area contributed by atoms with Gasteiger partial charge in [-0.1, -0.05) is 30.3 Å². The van der Waals surface area contributed by atoms with Crippen LogP contribution in [0.3, 0.4) is 0 Å². The number of carbonyl (C=O) groups excluding carboxylic acids is 1. The van der Waals surface area contributed by atoms with E-state index in [2.05, 4.69) is 11.3 Å². The van der Waals surface area contributed by atoms with Crippen LogP contribution in [-0.2, 0) is 10.0 Å². The maximum Gasteiger partial charge on any atom is 0.212 e. The molecule has 18 heavy (non-hydrogen) atoms. The summed E-state index contributed by atoms with van der Waals surface area (Å²) in [4.78, 5) is 11.7. The number of rotatable bonds is 5. The van der Waals surface area contributed by atoms with Gasteiger partial charge in [0.25, 0.3) is 0 Å². The number of carbonyl (C=O) groups is 1. The summed E-state index contributed by atoms with van der Waals surface area (Å²) >= 11 is 0. The van der Waals surface area contributed by atoms with Gasteiger partial charge in [0.2, 0.25) is 10.0 Å². The molecule has 5 heteroatoms. The van der Waals surface area contributed by atoms with E-state index in [9.17, 15) is 13.2 Å². The maximum absolute atomic E-state index is 11.8. The zero-order valence-electron chi connectivity index (χ0n) is 9.93. The highest BCUT2D eigenvalue weighted by Crippen LogP contribution is 2.31. The first-order valence-corrected chi connectivity index (χ1v) is 7.42. The van der Waals surface area contributed by atoms with E-state index in [0.717, 1.165) is 5.56 Å². The van der Waals surface area contributed by atoms with Gasteiger partial charge >= 0.3 is 0 Å². The molecule has 96 valence electrons. The van der Waals surface area contributed by atoms with E-state index >= 15 is 0 Å². The Kier molecular flexibility index (Phi) is 3.63. The molecule has 0 saturated carbocycles. The molecule has 0 bridgehead atoms. The van der Waals surface area contributed by atoms with Gasteiger partial charge in [0.1, 0.15) is 0 Å². The summed E-state index contributed by atoms with van der Waals surface area (Å²) in [5.41, 5.74) is 1.39. The molecule has 1 aromatic carbocycles. The van der Waals surface area contributed by atoms with E-state index < -0.39 is 16.1 Å². The Balaban J connectivity index is 2.18. The number of benzene rings is 1. The van der Waals surface area contributed by atoms with E-state index in [4.69, 9.17) is 0 Å². The van der Waals surface area contributed by atoms with Crippen molar-refractivity contribution in [3.05, 3.63) is 48.0 Å². The molecule has 0 aromatic heterocycles. The van der Waals surface area contributed by atoms with Gasteiger partial charge in [-0.05, 0) is 12.0 Å². The van der Waals surface area contributed by atoms with Crippen LogP contribution >= 0.6 is 0 Å². The molecule has 0 radical (unpaired) electrons. The van der Waals surface area contributed by atoms with E-state index in [1.54, 1.807) is 24.3 Å². The Labute approximate surface area is 107 Å². The molecule has 0 saturated heterocycles. The van der Waals surface area contributed by atoms with Gasteiger partial charge < -0.3 is 0 Å². The van der Waals surface area contributed by atoms with Crippen LogP contribution in [0.25, 0.3) is 0 Å². The molecule has 0 unspecified atom stereocenters. The maximum atomic E-state index is 11.8. The van der Waals surface area contributed by atoms with Crippen molar-refractivity contribution in [1.82, 2.24) is 4.72 Å². The molecule has 1 N–H and O–H groups in total. The zero-order chi connectivity index (χ0) is 13.2. The molecule has 0 heterocycles. The van der Waals surface area contributed by atoms with E-state index in [1.807, 2.05) is 6.07 Å². The Bertz CT molecular complexity index is 578. The van der Waals surface area contributed by atoms with Gasteiger partial charge in [-0.25, -0.2) is 13.1 Å². The summed E-state index contributed by atoms with van der Waals surface area (Å²) in [5, 5.41) is 0. The third-order valence-electron chi connectivity index (χ3n) is 2.94. The normalized spacial score (nSPS) is 18.7. The lowest BCUT2D eigenvalue weighted by Gasteiger charge is -2.13. The minimum atomic E-state index is -3.37. The van der Waals surface area contributed by atoms with Gasteiger partial charge in [-0.3, -0.25) is 4.79 Å². The molecule has 0 aliphatic heterocycles. The lowest BCUT2D eigenvalue weighted by Crippen LogP contribution is -2.29. The number of ketones is 1. The van der Waals surface area contributed by atoms with Crippen LogP contribution in [0.15, 0.2) is 36.9 Å². The summed E-state index contributed by atoms with van der Waals surface area (Å²) in [5.74, 6) is -0.00869. The predicted octanol–water partition coefficient (Wildman–Crippen LogP) is 1.81. The Morgan fingerprint density at radius 2 is 2.11 bits per heavy atom. The highest BCUT2D eigenvalue weighted by molar-refractivity contribution is 7.89. The Morgan fingerprint density at radius 3 is 2.83 bits per heavy atom. The molecule has 1 aromatic rings. The largest absolute Gasteiger partial charge is 0.294 e. The third kappa shape index (κ3) is 2.68. The number of nitrogens with one attached hydrogen (secondary N) is 1. The summed E-state index contributed by atoms with van der Waals surface area (Å²) < 4.78 is 26.2. The van der Waals surface area contributed by atoms with Crippen LogP contribution in [-0.4, -0.2) is 20.0 Å². The number of hydrogen-bond donors (Lipinski definition) is 1. The van der Waals surface area contributed by atoms with Crippen molar-refractivity contribution in [3.63, 3.8) is 0 Å². The third-order valence-corrected chi connectivity index (χ3v) is 4.36. The molecular formula is C13H15NO3S. The van der Waals surface area contributed by atoms with E-state index in [0.29, 0.717) is 12.0 Å². The number of sulfonamides is 1. The van der Waals surface area contributed by atoms with Gasteiger partial charge in [-0.2, -0.15) is 0 Å². The Morgan fingerprint density at radius 1 is 1.39 bits per heavy atom. The van der Waals surface area contributed by atoms with Crippen molar-refractivity contribution in [2.45, 2.75) is 18.9 Å². The molecular weight excluding hydrogens is 250 g/mol. The summed E-state index contributed by atoms with van der Waals surface area (Å²) in [6.07, 6.45) is 2.16. The van der Waals surface area contributed by atoms with Crippen molar-refractivity contribution in [2.24, 2.45) is 0 Å². The summed E-state index contributed by atoms with van der Waals surface area (Å²) in [6.45, 7) is 3.50. The number of hydrogen-bond acceptors (Lipinski definition) is 3. The zero-order valence-corrected chi connectivity index (χ0v) is 10.7. The van der Waals surface area contributed by atoms with Crippen LogP contribution in [0.4, 0.5) is 0 Å². The first-order valence-electron chi connectivity index (χ1n) is 5.76. The summed E-state index contributed by atoms with van der Waals surface area (Å²) in [7, 11) is -3.37. The van der Waals surface area contributed by atoms with Crippen molar-refractivity contribution in [1.29, 1.82) is 0 Å². The first-order chi connectivity index (χ1) is 8.53. The standard InChI is InChI=1S/C13H15NO3S/c1-2-3-8-18(16,17)14-12-9-13(15)11-7-5-4-6-10(11)12/h2,4-7,12,14H,1,3,8-9H2/t12-/m1/s1. The van der Waals surface area contributed by atoms with Gasteiger partial charge in [-0.15, -0.1) is 6.58 Å². The quantitative estimate of drug-likeness (QED) is 0.826. The average molecular weight is 265 g/mol. The first kappa shape index (κ1) is 13.0. The van der Waals surface area contributed by atoms with E-state index in [1.165, 1.54) is 0 Å². The van der Waals surface area contributed by atoms with Gasteiger partial charge in [0.15, 0.2) is 5.78 Å². The highest BCUT2D eigenvalue weighted by atomic mass is 32.2. The second kappa shape index (κ2) is 5.04. The highest BCUT2D eigenvalue weighted by Gasteiger charge is 2.31. The predicted molar refractivity (Wildman–Crippen MR) is 69.9 cm³/mol. The number of allylic oxidation sites excluding steroid dienone is 1. The molecule has 0 spiro atoms. The molecule has 1 aliphatic rings.